The molecule has 1 aromatic carbocycles. The summed E-state index contributed by atoms with van der Waals surface area (Å²) in [5.74, 6) is -0.373. The zero-order chi connectivity index (χ0) is 14.3. The van der Waals surface area contributed by atoms with Crippen LogP contribution in [0.3, 0.4) is 0 Å². The van der Waals surface area contributed by atoms with Gasteiger partial charge >= 0.3 is 5.97 Å². The van der Waals surface area contributed by atoms with Crippen LogP contribution in [0.15, 0.2) is 30.3 Å². The van der Waals surface area contributed by atoms with Gasteiger partial charge < -0.3 is 5.11 Å². The van der Waals surface area contributed by atoms with E-state index >= 15 is 0 Å². The summed E-state index contributed by atoms with van der Waals surface area (Å²) in [6, 6.07) is 9.87. The molecule has 0 atom stereocenters. The largest absolute Gasteiger partial charge is 0.480 e. The van der Waals surface area contributed by atoms with E-state index in [-0.39, 0.29) is 0 Å². The van der Waals surface area contributed by atoms with E-state index in [1.54, 1.807) is 0 Å². The second-order valence-electron chi connectivity index (χ2n) is 5.42. The van der Waals surface area contributed by atoms with E-state index in [1.807, 2.05) is 44.2 Å². The number of aliphatic carboxylic acids is 1. The molecule has 1 N–H and O–H groups in total. The summed E-state index contributed by atoms with van der Waals surface area (Å²) in [6.07, 6.45) is 1.25. The third-order valence-corrected chi connectivity index (χ3v) is 3.86. The van der Waals surface area contributed by atoms with E-state index in [2.05, 4.69) is 9.97 Å². The summed E-state index contributed by atoms with van der Waals surface area (Å²) < 4.78 is 0. The smallest absolute Gasteiger partial charge is 0.317 e. The van der Waals surface area contributed by atoms with Crippen LogP contribution < -0.4 is 0 Å². The summed E-state index contributed by atoms with van der Waals surface area (Å²) in [5.41, 5.74) is 2.90. The Balaban J connectivity index is 2.13. The minimum absolute atomic E-state index is 0.447. The van der Waals surface area contributed by atoms with Crippen molar-refractivity contribution in [1.82, 2.24) is 9.97 Å². The van der Waals surface area contributed by atoms with Crippen molar-refractivity contribution in [2.75, 3.05) is 0 Å². The fourth-order valence-electron chi connectivity index (χ4n) is 2.44. The molecule has 1 aromatic heterocycles. The molecule has 1 saturated carbocycles. The molecule has 1 heterocycles. The molecule has 4 heteroatoms. The Morgan fingerprint density at radius 3 is 2.50 bits per heavy atom. The van der Waals surface area contributed by atoms with Gasteiger partial charge in [-0.2, -0.15) is 0 Å². The molecule has 4 nitrogen and oxygen atoms in total. The predicted molar refractivity (Wildman–Crippen MR) is 75.5 cm³/mol. The molecule has 3 rings (SSSR count). The Kier molecular flexibility index (Phi) is 2.82. The number of benzene rings is 1. The lowest BCUT2D eigenvalue weighted by atomic mass is 10.0. The van der Waals surface area contributed by atoms with Gasteiger partial charge in [0, 0.05) is 11.3 Å². The number of aryl methyl sites for hydroxylation is 2. The summed E-state index contributed by atoms with van der Waals surface area (Å²) in [6.45, 7) is 3.90. The highest BCUT2D eigenvalue weighted by Crippen LogP contribution is 2.47. The highest BCUT2D eigenvalue weighted by molar-refractivity contribution is 5.83. The second-order valence-corrected chi connectivity index (χ2v) is 5.42. The number of nitrogens with zero attached hydrogens (tertiary/aromatic N) is 2. The number of rotatable bonds is 3. The number of carboxylic acids is 1. The van der Waals surface area contributed by atoms with Crippen LogP contribution in [0.4, 0.5) is 0 Å². The molecule has 0 aliphatic heterocycles. The monoisotopic (exact) mass is 268 g/mol. The van der Waals surface area contributed by atoms with Crippen LogP contribution in [-0.2, 0) is 10.2 Å². The van der Waals surface area contributed by atoms with Gasteiger partial charge in [0.05, 0.1) is 5.69 Å². The molecule has 20 heavy (non-hydrogen) atoms. The van der Waals surface area contributed by atoms with E-state index < -0.39 is 11.4 Å². The van der Waals surface area contributed by atoms with Crippen LogP contribution in [0, 0.1) is 13.8 Å². The van der Waals surface area contributed by atoms with Crippen molar-refractivity contribution >= 4 is 5.97 Å². The molecule has 0 spiro atoms. The summed E-state index contributed by atoms with van der Waals surface area (Å²) in [5, 5.41) is 9.38. The van der Waals surface area contributed by atoms with Gasteiger partial charge in [0.2, 0.25) is 0 Å². The molecule has 1 aliphatic rings. The maximum absolute atomic E-state index is 11.4. The third kappa shape index (κ3) is 1.97. The topological polar surface area (TPSA) is 63.1 Å². The molecule has 0 amide bonds. The average molecular weight is 268 g/mol. The van der Waals surface area contributed by atoms with Crippen molar-refractivity contribution in [2.24, 2.45) is 0 Å². The number of carboxylic acid groups (broad SMARTS) is 1. The van der Waals surface area contributed by atoms with E-state index in [1.165, 1.54) is 0 Å². The second kappa shape index (κ2) is 4.40. The third-order valence-electron chi connectivity index (χ3n) is 3.86. The van der Waals surface area contributed by atoms with Crippen molar-refractivity contribution in [2.45, 2.75) is 32.1 Å². The lowest BCUT2D eigenvalue weighted by molar-refractivity contribution is -0.140. The highest BCUT2D eigenvalue weighted by atomic mass is 16.4. The molecular formula is C16H16N2O2. The number of aromatic nitrogens is 2. The van der Waals surface area contributed by atoms with Crippen molar-refractivity contribution in [1.29, 1.82) is 0 Å². The van der Waals surface area contributed by atoms with Crippen LogP contribution in [-0.4, -0.2) is 21.0 Å². The van der Waals surface area contributed by atoms with Gasteiger partial charge in [-0.25, -0.2) is 9.97 Å². The Morgan fingerprint density at radius 1 is 1.20 bits per heavy atom. The van der Waals surface area contributed by atoms with Crippen LogP contribution in [0.5, 0.6) is 0 Å². The van der Waals surface area contributed by atoms with Gasteiger partial charge in [0.1, 0.15) is 11.2 Å². The van der Waals surface area contributed by atoms with Gasteiger partial charge in [0.15, 0.2) is 0 Å². The first kappa shape index (κ1) is 12.8. The molecule has 1 fully saturated rings. The maximum atomic E-state index is 11.4. The fourth-order valence-corrected chi connectivity index (χ4v) is 2.44. The van der Waals surface area contributed by atoms with Crippen molar-refractivity contribution in [3.63, 3.8) is 0 Å². The van der Waals surface area contributed by atoms with Crippen molar-refractivity contribution < 1.29 is 9.90 Å². The van der Waals surface area contributed by atoms with E-state index in [0.717, 1.165) is 22.5 Å². The first-order valence-electron chi connectivity index (χ1n) is 6.68. The lowest BCUT2D eigenvalue weighted by Crippen LogP contribution is -2.23. The maximum Gasteiger partial charge on any atom is 0.317 e. The summed E-state index contributed by atoms with van der Waals surface area (Å²) >= 11 is 0. The zero-order valence-corrected chi connectivity index (χ0v) is 11.6. The quantitative estimate of drug-likeness (QED) is 0.929. The molecule has 2 aromatic rings. The van der Waals surface area contributed by atoms with E-state index in [4.69, 9.17) is 0 Å². The Bertz CT molecular complexity index is 691. The molecule has 0 radical (unpaired) electrons. The van der Waals surface area contributed by atoms with Crippen LogP contribution >= 0.6 is 0 Å². The van der Waals surface area contributed by atoms with Crippen molar-refractivity contribution in [3.05, 3.63) is 47.4 Å². The lowest BCUT2D eigenvalue weighted by Gasteiger charge is -2.12. The molecule has 102 valence electrons. The highest BCUT2D eigenvalue weighted by Gasteiger charge is 2.54. The first-order chi connectivity index (χ1) is 9.53. The average Bonchev–Trinajstić information content (AvgIpc) is 3.20. The SMILES string of the molecule is Cc1cc(-c2ccccc2C)nc(C2(C(=O)O)CC2)n1. The fraction of sp³-hybridized carbons (Fsp3) is 0.312. The minimum Gasteiger partial charge on any atom is -0.480 e. The standard InChI is InChI=1S/C16H16N2O2/c1-10-5-3-4-6-12(10)13-9-11(2)17-14(18-13)16(7-8-16)15(19)20/h3-6,9H,7-8H2,1-2H3,(H,19,20). The van der Waals surface area contributed by atoms with Gasteiger partial charge in [-0.15, -0.1) is 0 Å². The number of hydrogen-bond acceptors (Lipinski definition) is 3. The molecule has 1 aliphatic carbocycles. The van der Waals surface area contributed by atoms with Gasteiger partial charge in [-0.3, -0.25) is 4.79 Å². The van der Waals surface area contributed by atoms with Crippen LogP contribution in [0.2, 0.25) is 0 Å². The van der Waals surface area contributed by atoms with Crippen molar-refractivity contribution in [3.8, 4) is 11.3 Å². The first-order valence-corrected chi connectivity index (χ1v) is 6.68. The van der Waals surface area contributed by atoms with E-state index in [0.29, 0.717) is 18.7 Å². The summed E-state index contributed by atoms with van der Waals surface area (Å²) in [4.78, 5) is 20.3. The van der Waals surface area contributed by atoms with Gasteiger partial charge in [-0.1, -0.05) is 24.3 Å². The molecule has 0 unspecified atom stereocenters. The van der Waals surface area contributed by atoms with Gasteiger partial charge in [-0.05, 0) is 38.3 Å². The Labute approximate surface area is 117 Å². The predicted octanol–water partition coefficient (Wildman–Crippen LogP) is 2.88. The Hall–Kier alpha value is -2.23. The molecular weight excluding hydrogens is 252 g/mol. The minimum atomic E-state index is -0.858. The number of carbonyl (C=O) groups is 1. The molecule has 0 saturated heterocycles. The van der Waals surface area contributed by atoms with Gasteiger partial charge in [0.25, 0.3) is 0 Å². The zero-order valence-electron chi connectivity index (χ0n) is 11.6. The van der Waals surface area contributed by atoms with Crippen LogP contribution in [0.25, 0.3) is 11.3 Å². The van der Waals surface area contributed by atoms with E-state index in [9.17, 15) is 9.90 Å². The Morgan fingerprint density at radius 2 is 1.90 bits per heavy atom. The van der Waals surface area contributed by atoms with Crippen LogP contribution in [0.1, 0.15) is 29.9 Å². The summed E-state index contributed by atoms with van der Waals surface area (Å²) in [7, 11) is 0. The number of hydrogen-bond donors (Lipinski definition) is 1. The molecule has 0 bridgehead atoms. The normalized spacial score (nSPS) is 15.9.